The zero-order valence-electron chi connectivity index (χ0n) is 7.25. The second-order valence-corrected chi connectivity index (χ2v) is 2.91. The first-order chi connectivity index (χ1) is 6.77. The van der Waals surface area contributed by atoms with Gasteiger partial charge in [0.05, 0.1) is 5.71 Å². The smallest absolute Gasteiger partial charge is 0.348 e. The van der Waals surface area contributed by atoms with E-state index in [4.69, 9.17) is 9.94 Å². The van der Waals surface area contributed by atoms with Crippen LogP contribution in [-0.2, 0) is 9.63 Å². The molecular formula is C9H8N2O3. The van der Waals surface area contributed by atoms with Crippen LogP contribution in [0.1, 0.15) is 12.0 Å². The minimum Gasteiger partial charge on any atom is -0.478 e. The molecule has 2 heterocycles. The molecular weight excluding hydrogens is 184 g/mol. The molecule has 72 valence electrons. The fraction of sp³-hybridized carbons (Fsp3) is 0.222. The van der Waals surface area contributed by atoms with E-state index in [1.165, 1.54) is 0 Å². The zero-order valence-corrected chi connectivity index (χ0v) is 7.25. The van der Waals surface area contributed by atoms with E-state index in [0.717, 1.165) is 5.56 Å². The molecule has 14 heavy (non-hydrogen) atoms. The predicted molar refractivity (Wildman–Crippen MR) is 47.9 cm³/mol. The Hall–Kier alpha value is -1.91. The highest BCUT2D eigenvalue weighted by Gasteiger charge is 2.28. The fourth-order valence-electron chi connectivity index (χ4n) is 1.22. The Bertz CT molecular complexity index is 375. The lowest BCUT2D eigenvalue weighted by Gasteiger charge is -1.99. The van der Waals surface area contributed by atoms with Gasteiger partial charge in [0.1, 0.15) is 0 Å². The molecule has 1 aromatic heterocycles. The Morgan fingerprint density at radius 1 is 1.50 bits per heavy atom. The lowest BCUT2D eigenvalue weighted by Crippen LogP contribution is -2.19. The molecule has 5 heteroatoms. The van der Waals surface area contributed by atoms with Gasteiger partial charge in [-0.3, -0.25) is 4.98 Å². The normalized spacial score (nSPS) is 20.0. The first-order valence-corrected chi connectivity index (χ1v) is 4.13. The average molecular weight is 192 g/mol. The molecule has 0 aromatic carbocycles. The van der Waals surface area contributed by atoms with Crippen LogP contribution in [0.5, 0.6) is 0 Å². The van der Waals surface area contributed by atoms with Gasteiger partial charge >= 0.3 is 5.97 Å². The minimum absolute atomic E-state index is 0.305. The first-order valence-electron chi connectivity index (χ1n) is 4.13. The fourth-order valence-corrected chi connectivity index (χ4v) is 1.22. The lowest BCUT2D eigenvalue weighted by atomic mass is 10.1. The number of carboxylic acids is 1. The molecule has 0 amide bonds. The predicted octanol–water partition coefficient (Wildman–Crippen LogP) is 0.659. The molecule has 0 saturated carbocycles. The van der Waals surface area contributed by atoms with Crippen molar-refractivity contribution < 1.29 is 14.7 Å². The third kappa shape index (κ3) is 1.56. The van der Waals surface area contributed by atoms with Gasteiger partial charge in [-0.15, -0.1) is 0 Å². The van der Waals surface area contributed by atoms with Crippen LogP contribution in [0.2, 0.25) is 0 Å². The molecule has 1 aromatic rings. The summed E-state index contributed by atoms with van der Waals surface area (Å²) in [5.41, 5.74) is 1.50. The molecule has 0 unspecified atom stereocenters. The summed E-state index contributed by atoms with van der Waals surface area (Å²) >= 11 is 0. The van der Waals surface area contributed by atoms with Crippen LogP contribution in [0.4, 0.5) is 0 Å². The Morgan fingerprint density at radius 3 is 2.79 bits per heavy atom. The van der Waals surface area contributed by atoms with Crippen molar-refractivity contribution >= 4 is 11.7 Å². The summed E-state index contributed by atoms with van der Waals surface area (Å²) in [5.74, 6) is -0.988. The van der Waals surface area contributed by atoms with E-state index in [-0.39, 0.29) is 0 Å². The number of pyridine rings is 1. The molecule has 1 N–H and O–H groups in total. The number of hydrogen-bond donors (Lipinski definition) is 1. The summed E-state index contributed by atoms with van der Waals surface area (Å²) < 4.78 is 0. The summed E-state index contributed by atoms with van der Waals surface area (Å²) in [7, 11) is 0. The zero-order chi connectivity index (χ0) is 9.97. The van der Waals surface area contributed by atoms with Crippen molar-refractivity contribution in [3.05, 3.63) is 30.1 Å². The van der Waals surface area contributed by atoms with Crippen molar-refractivity contribution in [2.24, 2.45) is 5.16 Å². The van der Waals surface area contributed by atoms with Gasteiger partial charge in [-0.05, 0) is 12.1 Å². The SMILES string of the molecule is O=C(O)[C@@H]1CC(c2ccncc2)=NO1. The first kappa shape index (κ1) is 8.68. The topological polar surface area (TPSA) is 71.8 Å². The van der Waals surface area contributed by atoms with Gasteiger partial charge in [0, 0.05) is 24.4 Å². The highest BCUT2D eigenvalue weighted by Crippen LogP contribution is 2.15. The van der Waals surface area contributed by atoms with Crippen LogP contribution in [0.15, 0.2) is 29.7 Å². The summed E-state index contributed by atoms with van der Waals surface area (Å²) in [6.07, 6.45) is 2.72. The molecule has 0 saturated heterocycles. The van der Waals surface area contributed by atoms with E-state index in [2.05, 4.69) is 10.1 Å². The van der Waals surface area contributed by atoms with E-state index in [9.17, 15) is 4.79 Å². The van der Waals surface area contributed by atoms with Gasteiger partial charge in [-0.2, -0.15) is 0 Å². The quantitative estimate of drug-likeness (QED) is 0.747. The summed E-state index contributed by atoms with van der Waals surface area (Å²) in [4.78, 5) is 19.2. The Morgan fingerprint density at radius 2 is 2.21 bits per heavy atom. The molecule has 0 spiro atoms. The Balaban J connectivity index is 2.13. The van der Waals surface area contributed by atoms with E-state index in [1.54, 1.807) is 24.5 Å². The number of carbonyl (C=O) groups is 1. The second-order valence-electron chi connectivity index (χ2n) is 2.91. The van der Waals surface area contributed by atoms with Crippen LogP contribution in [0.3, 0.4) is 0 Å². The van der Waals surface area contributed by atoms with Crippen molar-refractivity contribution in [1.82, 2.24) is 4.98 Å². The second kappa shape index (κ2) is 3.45. The van der Waals surface area contributed by atoms with Crippen LogP contribution in [-0.4, -0.2) is 27.9 Å². The van der Waals surface area contributed by atoms with Crippen LogP contribution >= 0.6 is 0 Å². The summed E-state index contributed by atoms with van der Waals surface area (Å²) in [6.45, 7) is 0. The van der Waals surface area contributed by atoms with Crippen LogP contribution < -0.4 is 0 Å². The maximum absolute atomic E-state index is 10.6. The number of aromatic nitrogens is 1. The van der Waals surface area contributed by atoms with Crippen molar-refractivity contribution in [3.63, 3.8) is 0 Å². The third-order valence-electron chi connectivity index (χ3n) is 1.96. The molecule has 0 bridgehead atoms. The molecule has 1 aliphatic heterocycles. The molecule has 5 nitrogen and oxygen atoms in total. The number of carboxylic acid groups (broad SMARTS) is 1. The number of hydrogen-bond acceptors (Lipinski definition) is 4. The van der Waals surface area contributed by atoms with Crippen molar-refractivity contribution in [2.45, 2.75) is 12.5 Å². The maximum Gasteiger partial charge on any atom is 0.348 e. The van der Waals surface area contributed by atoms with E-state index >= 15 is 0 Å². The number of oxime groups is 1. The van der Waals surface area contributed by atoms with Crippen molar-refractivity contribution in [2.75, 3.05) is 0 Å². The monoisotopic (exact) mass is 192 g/mol. The van der Waals surface area contributed by atoms with Gasteiger partial charge in [0.2, 0.25) is 6.10 Å². The maximum atomic E-state index is 10.6. The highest BCUT2D eigenvalue weighted by molar-refractivity contribution is 6.03. The molecule has 0 aliphatic carbocycles. The standard InChI is InChI=1S/C9H8N2O3/c12-9(13)8-5-7(11-14-8)6-1-3-10-4-2-6/h1-4,8H,5H2,(H,12,13)/t8-/m0/s1. The van der Waals surface area contributed by atoms with Gasteiger partial charge in [0.25, 0.3) is 0 Å². The molecule has 2 rings (SSSR count). The lowest BCUT2D eigenvalue weighted by molar-refractivity contribution is -0.148. The minimum atomic E-state index is -0.988. The number of nitrogens with zero attached hydrogens (tertiary/aromatic N) is 2. The van der Waals surface area contributed by atoms with Gasteiger partial charge in [-0.25, -0.2) is 4.79 Å². The third-order valence-corrected chi connectivity index (χ3v) is 1.96. The summed E-state index contributed by atoms with van der Waals surface area (Å²) in [6, 6.07) is 3.54. The molecule has 1 atom stereocenters. The average Bonchev–Trinajstić information content (AvgIpc) is 2.68. The van der Waals surface area contributed by atoms with E-state index < -0.39 is 12.1 Å². The number of rotatable bonds is 2. The summed E-state index contributed by atoms with van der Waals surface area (Å²) in [5, 5.41) is 12.4. The van der Waals surface area contributed by atoms with Crippen molar-refractivity contribution in [1.29, 1.82) is 0 Å². The molecule has 0 radical (unpaired) electrons. The van der Waals surface area contributed by atoms with Crippen LogP contribution in [0, 0.1) is 0 Å². The molecule has 0 fully saturated rings. The van der Waals surface area contributed by atoms with Gasteiger partial charge in [0.15, 0.2) is 0 Å². The van der Waals surface area contributed by atoms with Gasteiger partial charge in [-0.1, -0.05) is 5.16 Å². The van der Waals surface area contributed by atoms with E-state index in [0.29, 0.717) is 12.1 Å². The van der Waals surface area contributed by atoms with Crippen molar-refractivity contribution in [3.8, 4) is 0 Å². The molecule has 1 aliphatic rings. The highest BCUT2D eigenvalue weighted by atomic mass is 16.7. The number of aliphatic carboxylic acids is 1. The van der Waals surface area contributed by atoms with E-state index in [1.807, 2.05) is 0 Å². The largest absolute Gasteiger partial charge is 0.478 e. The van der Waals surface area contributed by atoms with Gasteiger partial charge < -0.3 is 9.94 Å². The Labute approximate surface area is 80.0 Å². The Kier molecular flexibility index (Phi) is 2.14. The van der Waals surface area contributed by atoms with Crippen LogP contribution in [0.25, 0.3) is 0 Å².